The summed E-state index contributed by atoms with van der Waals surface area (Å²) < 4.78 is 26.0. The molecule has 21 heavy (non-hydrogen) atoms. The standard InChI is InChI=1S/C14H20N2O4S/c17-14(18)12-15-7-9-16(10-8-15)21(19,20)11-6-13-4-2-1-3-5-13/h1-5H,6-12H2,(H,17,18). The van der Waals surface area contributed by atoms with Crippen LogP contribution in [0.2, 0.25) is 0 Å². The van der Waals surface area contributed by atoms with E-state index in [0.29, 0.717) is 32.6 Å². The van der Waals surface area contributed by atoms with E-state index in [4.69, 9.17) is 5.11 Å². The fourth-order valence-electron chi connectivity index (χ4n) is 2.38. The van der Waals surface area contributed by atoms with Crippen LogP contribution in [0.15, 0.2) is 30.3 Å². The molecule has 1 heterocycles. The molecule has 0 spiro atoms. The maximum atomic E-state index is 12.3. The lowest BCUT2D eigenvalue weighted by Gasteiger charge is -2.33. The molecule has 1 fully saturated rings. The molecule has 0 bridgehead atoms. The molecule has 2 rings (SSSR count). The number of carboxylic acid groups (broad SMARTS) is 1. The first kappa shape index (κ1) is 15.9. The number of hydrogen-bond acceptors (Lipinski definition) is 4. The summed E-state index contributed by atoms with van der Waals surface area (Å²) in [5.41, 5.74) is 1.01. The average molecular weight is 312 g/mol. The van der Waals surface area contributed by atoms with Gasteiger partial charge < -0.3 is 5.11 Å². The summed E-state index contributed by atoms with van der Waals surface area (Å²) in [5.74, 6) is -0.786. The Morgan fingerprint density at radius 1 is 1.10 bits per heavy atom. The number of carbonyl (C=O) groups is 1. The zero-order valence-corrected chi connectivity index (χ0v) is 12.6. The summed E-state index contributed by atoms with van der Waals surface area (Å²) in [6, 6.07) is 9.53. The van der Waals surface area contributed by atoms with E-state index in [1.54, 1.807) is 4.90 Å². The van der Waals surface area contributed by atoms with E-state index in [0.717, 1.165) is 5.56 Å². The smallest absolute Gasteiger partial charge is 0.317 e. The molecular weight excluding hydrogens is 292 g/mol. The molecule has 1 saturated heterocycles. The van der Waals surface area contributed by atoms with Crippen molar-refractivity contribution in [2.75, 3.05) is 38.5 Å². The summed E-state index contributed by atoms with van der Waals surface area (Å²) in [6.45, 7) is 1.64. The number of aryl methyl sites for hydroxylation is 1. The predicted molar refractivity (Wildman–Crippen MR) is 79.6 cm³/mol. The number of piperazine rings is 1. The van der Waals surface area contributed by atoms with Crippen molar-refractivity contribution in [2.24, 2.45) is 0 Å². The van der Waals surface area contributed by atoms with E-state index < -0.39 is 16.0 Å². The first-order valence-corrected chi connectivity index (χ1v) is 8.54. The molecule has 0 radical (unpaired) electrons. The highest BCUT2D eigenvalue weighted by Gasteiger charge is 2.27. The molecular formula is C14H20N2O4S. The summed E-state index contributed by atoms with van der Waals surface area (Å²) in [4.78, 5) is 12.4. The highest BCUT2D eigenvalue weighted by molar-refractivity contribution is 7.89. The lowest BCUT2D eigenvalue weighted by Crippen LogP contribution is -2.50. The minimum absolute atomic E-state index is 0.0299. The molecule has 0 unspecified atom stereocenters. The van der Waals surface area contributed by atoms with Gasteiger partial charge in [0.1, 0.15) is 0 Å². The molecule has 116 valence electrons. The van der Waals surface area contributed by atoms with Gasteiger partial charge in [0.2, 0.25) is 10.0 Å². The van der Waals surface area contributed by atoms with Gasteiger partial charge in [-0.05, 0) is 12.0 Å². The van der Waals surface area contributed by atoms with Crippen LogP contribution in [0.4, 0.5) is 0 Å². The monoisotopic (exact) mass is 312 g/mol. The fraction of sp³-hybridized carbons (Fsp3) is 0.500. The number of aliphatic carboxylic acids is 1. The predicted octanol–water partition coefficient (Wildman–Crippen LogP) is 0.261. The van der Waals surface area contributed by atoms with Gasteiger partial charge in [-0.1, -0.05) is 30.3 Å². The third-order valence-corrected chi connectivity index (χ3v) is 5.45. The Kier molecular flexibility index (Phi) is 5.33. The number of hydrogen-bond donors (Lipinski definition) is 1. The quantitative estimate of drug-likeness (QED) is 0.815. The Morgan fingerprint density at radius 3 is 2.29 bits per heavy atom. The van der Waals surface area contributed by atoms with Crippen molar-refractivity contribution in [1.82, 2.24) is 9.21 Å². The minimum atomic E-state index is -3.27. The van der Waals surface area contributed by atoms with Crippen molar-refractivity contribution >= 4 is 16.0 Å². The zero-order valence-electron chi connectivity index (χ0n) is 11.8. The maximum absolute atomic E-state index is 12.3. The molecule has 7 heteroatoms. The molecule has 0 amide bonds. The van der Waals surface area contributed by atoms with Crippen LogP contribution in [0.3, 0.4) is 0 Å². The first-order valence-electron chi connectivity index (χ1n) is 6.93. The second-order valence-corrected chi connectivity index (χ2v) is 7.21. The highest BCUT2D eigenvalue weighted by atomic mass is 32.2. The van der Waals surface area contributed by atoms with Crippen molar-refractivity contribution in [3.63, 3.8) is 0 Å². The molecule has 1 aromatic rings. The summed E-state index contributed by atoms with van der Waals surface area (Å²) in [7, 11) is -3.27. The third-order valence-electron chi connectivity index (χ3n) is 3.58. The van der Waals surface area contributed by atoms with Crippen LogP contribution in [-0.4, -0.2) is 67.2 Å². The van der Waals surface area contributed by atoms with Gasteiger partial charge in [0.15, 0.2) is 0 Å². The molecule has 1 aromatic carbocycles. The molecule has 0 aromatic heterocycles. The zero-order chi connectivity index (χ0) is 15.3. The fourth-order valence-corrected chi connectivity index (χ4v) is 3.85. The van der Waals surface area contributed by atoms with E-state index in [-0.39, 0.29) is 12.3 Å². The molecule has 1 N–H and O–H groups in total. The van der Waals surface area contributed by atoms with Crippen molar-refractivity contribution in [3.8, 4) is 0 Å². The van der Waals surface area contributed by atoms with Crippen LogP contribution in [0, 0.1) is 0 Å². The Morgan fingerprint density at radius 2 is 1.71 bits per heavy atom. The molecule has 0 atom stereocenters. The number of sulfonamides is 1. The maximum Gasteiger partial charge on any atom is 0.317 e. The Labute approximate surface area is 125 Å². The number of benzene rings is 1. The van der Waals surface area contributed by atoms with Crippen LogP contribution >= 0.6 is 0 Å². The Bertz CT molecular complexity index is 566. The Balaban J connectivity index is 1.85. The largest absolute Gasteiger partial charge is 0.480 e. The highest BCUT2D eigenvalue weighted by Crippen LogP contribution is 2.10. The summed E-state index contributed by atoms with van der Waals surface area (Å²) in [6.07, 6.45) is 0.499. The molecule has 6 nitrogen and oxygen atoms in total. The van der Waals surface area contributed by atoms with Gasteiger partial charge in [0.25, 0.3) is 0 Å². The van der Waals surface area contributed by atoms with E-state index in [2.05, 4.69) is 0 Å². The SMILES string of the molecule is O=C(O)CN1CCN(S(=O)(=O)CCc2ccccc2)CC1. The second-order valence-electron chi connectivity index (χ2n) is 5.12. The van der Waals surface area contributed by atoms with Crippen molar-refractivity contribution in [3.05, 3.63) is 35.9 Å². The first-order chi connectivity index (χ1) is 9.97. The average Bonchev–Trinajstić information content (AvgIpc) is 2.46. The van der Waals surface area contributed by atoms with Crippen LogP contribution in [0.25, 0.3) is 0 Å². The van der Waals surface area contributed by atoms with Crippen LogP contribution in [0.1, 0.15) is 5.56 Å². The van der Waals surface area contributed by atoms with Crippen LogP contribution in [0.5, 0.6) is 0 Å². The number of rotatable bonds is 6. The summed E-state index contributed by atoms with van der Waals surface area (Å²) >= 11 is 0. The van der Waals surface area contributed by atoms with Gasteiger partial charge in [-0.25, -0.2) is 8.42 Å². The molecule has 0 saturated carbocycles. The lowest BCUT2D eigenvalue weighted by atomic mass is 10.2. The van der Waals surface area contributed by atoms with Gasteiger partial charge >= 0.3 is 5.97 Å². The Hall–Kier alpha value is -1.44. The number of nitrogens with zero attached hydrogens (tertiary/aromatic N) is 2. The van der Waals surface area contributed by atoms with Gasteiger partial charge in [0.05, 0.1) is 12.3 Å². The van der Waals surface area contributed by atoms with E-state index in [9.17, 15) is 13.2 Å². The minimum Gasteiger partial charge on any atom is -0.480 e. The summed E-state index contributed by atoms with van der Waals surface area (Å²) in [5, 5.41) is 8.73. The number of carboxylic acids is 1. The van der Waals surface area contributed by atoms with Gasteiger partial charge in [-0.15, -0.1) is 0 Å². The van der Waals surface area contributed by atoms with Crippen LogP contribution < -0.4 is 0 Å². The van der Waals surface area contributed by atoms with Crippen molar-refractivity contribution < 1.29 is 18.3 Å². The molecule has 0 aliphatic carbocycles. The normalized spacial score (nSPS) is 17.7. The van der Waals surface area contributed by atoms with Gasteiger partial charge in [-0.2, -0.15) is 4.31 Å². The third kappa shape index (κ3) is 4.80. The molecule has 1 aliphatic rings. The topological polar surface area (TPSA) is 77.9 Å². The van der Waals surface area contributed by atoms with Crippen molar-refractivity contribution in [2.45, 2.75) is 6.42 Å². The van der Waals surface area contributed by atoms with Gasteiger partial charge in [-0.3, -0.25) is 9.69 Å². The molecule has 1 aliphatic heterocycles. The van der Waals surface area contributed by atoms with E-state index in [1.165, 1.54) is 4.31 Å². The second kappa shape index (κ2) is 7.02. The van der Waals surface area contributed by atoms with Gasteiger partial charge in [0, 0.05) is 26.2 Å². The van der Waals surface area contributed by atoms with E-state index in [1.807, 2.05) is 30.3 Å². The van der Waals surface area contributed by atoms with E-state index >= 15 is 0 Å². The lowest BCUT2D eigenvalue weighted by molar-refractivity contribution is -0.138. The van der Waals surface area contributed by atoms with Crippen molar-refractivity contribution in [1.29, 1.82) is 0 Å². The van der Waals surface area contributed by atoms with Crippen LogP contribution in [-0.2, 0) is 21.2 Å².